The third kappa shape index (κ3) is 8.29. The summed E-state index contributed by atoms with van der Waals surface area (Å²) in [4.78, 5) is 85.9. The Labute approximate surface area is 345 Å². The van der Waals surface area contributed by atoms with Crippen molar-refractivity contribution in [2.45, 2.75) is 44.9 Å². The summed E-state index contributed by atoms with van der Waals surface area (Å²) in [7, 11) is 0. The molecule has 4 aliphatic heterocycles. The Hall–Kier alpha value is -6.63. The SMILES string of the molecule is N#CN1CC[C@@H](C(=O)Nc2nc3c(s2)CN(C(=O)c2cc(-n4cc(COCCOCCNc5cccc6c5C(=O)N(C5CCC(=O)NC5=O)C6=O)nn4)ccc2F)CC3)C1. The molecular weight excluding hydrogens is 802 g/mol. The van der Waals surface area contributed by atoms with E-state index < -0.39 is 41.4 Å². The number of anilines is 2. The molecule has 4 aliphatic rings. The summed E-state index contributed by atoms with van der Waals surface area (Å²) < 4.78 is 27.8. The summed E-state index contributed by atoms with van der Waals surface area (Å²) in [5.41, 5.74) is 2.35. The maximum Gasteiger partial charge on any atom is 0.264 e. The van der Waals surface area contributed by atoms with Gasteiger partial charge in [-0.2, -0.15) is 5.26 Å². The summed E-state index contributed by atoms with van der Waals surface area (Å²) in [6.07, 6.45) is 4.82. The van der Waals surface area contributed by atoms with E-state index >= 15 is 4.39 Å². The minimum absolute atomic E-state index is 0.0347. The summed E-state index contributed by atoms with van der Waals surface area (Å²) >= 11 is 1.28. The Balaban J connectivity index is 0.777. The summed E-state index contributed by atoms with van der Waals surface area (Å²) in [5.74, 6) is -3.96. The molecule has 2 aromatic heterocycles. The number of ether oxygens (including phenoxy) is 2. The topological polar surface area (TPSA) is 234 Å². The van der Waals surface area contributed by atoms with Crippen LogP contribution in [-0.2, 0) is 43.4 Å². The molecule has 6 amide bonds. The second kappa shape index (κ2) is 17.3. The van der Waals surface area contributed by atoms with Crippen molar-refractivity contribution >= 4 is 57.6 Å². The minimum atomic E-state index is -1.05. The maximum absolute atomic E-state index is 15.1. The van der Waals surface area contributed by atoms with E-state index in [-0.39, 0.29) is 74.3 Å². The molecule has 8 rings (SSSR count). The fourth-order valence-electron chi connectivity index (χ4n) is 7.49. The van der Waals surface area contributed by atoms with Crippen LogP contribution in [0, 0.1) is 23.2 Å². The number of amides is 6. The van der Waals surface area contributed by atoms with Crippen LogP contribution >= 0.6 is 11.3 Å². The number of nitrogens with one attached hydrogen (secondary N) is 3. The molecule has 6 heterocycles. The van der Waals surface area contributed by atoms with Gasteiger partial charge in [-0.25, -0.2) is 14.1 Å². The highest BCUT2D eigenvalue weighted by Crippen LogP contribution is 2.33. The van der Waals surface area contributed by atoms with Gasteiger partial charge in [-0.1, -0.05) is 22.6 Å². The number of thiazole rings is 1. The van der Waals surface area contributed by atoms with Crippen molar-refractivity contribution in [1.82, 2.24) is 40.0 Å². The van der Waals surface area contributed by atoms with Gasteiger partial charge in [0.15, 0.2) is 11.3 Å². The molecule has 4 aromatic rings. The first kappa shape index (κ1) is 40.2. The second-order valence-electron chi connectivity index (χ2n) is 14.5. The fourth-order valence-corrected chi connectivity index (χ4v) is 8.52. The zero-order valence-electron chi connectivity index (χ0n) is 32.0. The monoisotopic (exact) mass is 839 g/mol. The van der Waals surface area contributed by atoms with E-state index in [2.05, 4.69) is 37.4 Å². The molecule has 21 heteroatoms. The van der Waals surface area contributed by atoms with Crippen molar-refractivity contribution in [3.8, 4) is 11.9 Å². The van der Waals surface area contributed by atoms with E-state index in [4.69, 9.17) is 14.7 Å². The molecule has 3 N–H and O–H groups in total. The average molecular weight is 840 g/mol. The van der Waals surface area contributed by atoms with E-state index in [0.717, 1.165) is 15.5 Å². The smallest absolute Gasteiger partial charge is 0.264 e. The molecule has 0 saturated carbocycles. The highest BCUT2D eigenvalue weighted by Gasteiger charge is 2.45. The van der Waals surface area contributed by atoms with Crippen LogP contribution in [-0.4, -0.2) is 122 Å². The summed E-state index contributed by atoms with van der Waals surface area (Å²) in [5, 5.41) is 25.9. The summed E-state index contributed by atoms with van der Waals surface area (Å²) in [6, 6.07) is 7.89. The number of imide groups is 2. The highest BCUT2D eigenvalue weighted by molar-refractivity contribution is 7.15. The second-order valence-corrected chi connectivity index (χ2v) is 15.6. The molecule has 2 aromatic carbocycles. The van der Waals surface area contributed by atoms with Gasteiger partial charge in [0.2, 0.25) is 17.7 Å². The van der Waals surface area contributed by atoms with Crippen LogP contribution < -0.4 is 16.0 Å². The molecule has 2 atom stereocenters. The number of fused-ring (bicyclic) bond motifs is 2. The van der Waals surface area contributed by atoms with E-state index in [1.54, 1.807) is 28.1 Å². The van der Waals surface area contributed by atoms with E-state index in [0.29, 0.717) is 61.2 Å². The van der Waals surface area contributed by atoms with Crippen LogP contribution in [0.4, 0.5) is 15.2 Å². The first-order valence-electron chi connectivity index (χ1n) is 19.3. The van der Waals surface area contributed by atoms with Crippen LogP contribution in [0.2, 0.25) is 0 Å². The zero-order chi connectivity index (χ0) is 41.9. The van der Waals surface area contributed by atoms with Gasteiger partial charge in [-0.15, -0.1) is 5.10 Å². The van der Waals surface area contributed by atoms with Crippen molar-refractivity contribution in [3.05, 3.63) is 81.4 Å². The Morgan fingerprint density at radius 1 is 1.03 bits per heavy atom. The number of piperidine rings is 1. The van der Waals surface area contributed by atoms with Gasteiger partial charge in [-0.3, -0.25) is 39.0 Å². The van der Waals surface area contributed by atoms with Crippen molar-refractivity contribution in [3.63, 3.8) is 0 Å². The number of nitriles is 1. The highest BCUT2D eigenvalue weighted by atomic mass is 32.1. The van der Waals surface area contributed by atoms with Gasteiger partial charge in [-0.05, 0) is 43.2 Å². The first-order chi connectivity index (χ1) is 29.1. The number of halogens is 1. The van der Waals surface area contributed by atoms with Crippen molar-refractivity contribution < 1.29 is 42.6 Å². The van der Waals surface area contributed by atoms with E-state index in [9.17, 15) is 28.8 Å². The molecule has 2 saturated heterocycles. The third-order valence-corrected chi connectivity index (χ3v) is 11.6. The number of carbonyl (C=O) groups excluding carboxylic acids is 6. The number of hydrogen-bond donors (Lipinski definition) is 3. The van der Waals surface area contributed by atoms with Crippen molar-refractivity contribution in [1.29, 1.82) is 5.26 Å². The largest absolute Gasteiger partial charge is 0.382 e. The average Bonchev–Trinajstić information content (AvgIpc) is 4.05. The molecule has 0 bridgehead atoms. The Bertz CT molecular complexity index is 2430. The molecule has 1 unspecified atom stereocenters. The predicted molar refractivity (Wildman–Crippen MR) is 208 cm³/mol. The molecular formula is C39H38FN11O8S. The predicted octanol–water partition coefficient (Wildman–Crippen LogP) is 1.85. The number of likely N-dealkylation sites (tertiary alicyclic amines) is 1. The first-order valence-corrected chi connectivity index (χ1v) is 20.1. The van der Waals surface area contributed by atoms with E-state index in [1.807, 2.05) is 0 Å². The van der Waals surface area contributed by atoms with Crippen LogP contribution in [0.25, 0.3) is 5.69 Å². The standard InChI is InChI=1S/C39H38FN11O8S/c40-27-5-4-24(16-26(27)36(55)49-12-9-28-31(19-49)60-39(43-28)45-34(53)22-8-11-48(17-22)21-41)50-18-23(46-47-50)20-59-15-14-58-13-10-42-29-3-1-2-25-33(29)38(57)51(37(25)56)30-6-7-32(52)44-35(30)54/h1-5,16,18,22,30,42H,6-15,17,19-20H2,(H,43,45,53)(H,44,52,54)/t22-,30?/m1/s1. The lowest BCUT2D eigenvalue weighted by molar-refractivity contribution is -0.136. The Morgan fingerprint density at radius 3 is 2.70 bits per heavy atom. The van der Waals surface area contributed by atoms with Crippen LogP contribution in [0.3, 0.4) is 0 Å². The van der Waals surface area contributed by atoms with Gasteiger partial charge >= 0.3 is 0 Å². The summed E-state index contributed by atoms with van der Waals surface area (Å²) in [6.45, 7) is 2.58. The van der Waals surface area contributed by atoms with Gasteiger partial charge in [0.1, 0.15) is 17.6 Å². The number of benzene rings is 2. The zero-order valence-corrected chi connectivity index (χ0v) is 32.8. The van der Waals surface area contributed by atoms with Crippen LogP contribution in [0.5, 0.6) is 0 Å². The van der Waals surface area contributed by atoms with Gasteiger partial charge in [0.05, 0.1) is 73.2 Å². The maximum atomic E-state index is 15.1. The third-order valence-electron chi connectivity index (χ3n) is 10.6. The number of nitrogens with zero attached hydrogens (tertiary/aromatic N) is 8. The van der Waals surface area contributed by atoms with Gasteiger partial charge < -0.3 is 29.9 Å². The molecule has 60 heavy (non-hydrogen) atoms. The quantitative estimate of drug-likeness (QED) is 0.0935. The molecule has 0 spiro atoms. The Morgan fingerprint density at radius 2 is 1.88 bits per heavy atom. The van der Waals surface area contributed by atoms with Gasteiger partial charge in [0, 0.05) is 49.6 Å². The molecule has 0 radical (unpaired) electrons. The fraction of sp³-hybridized carbons (Fsp3) is 0.385. The molecule has 19 nitrogen and oxygen atoms in total. The van der Waals surface area contributed by atoms with Crippen molar-refractivity contribution in [2.75, 3.05) is 56.6 Å². The number of rotatable bonds is 14. The molecule has 2 fully saturated rings. The lowest BCUT2D eigenvalue weighted by Gasteiger charge is -2.27. The minimum Gasteiger partial charge on any atom is -0.382 e. The molecule has 0 aliphatic carbocycles. The lowest BCUT2D eigenvalue weighted by Crippen LogP contribution is -2.54. The number of carbonyl (C=O) groups is 6. The normalized spacial score (nSPS) is 18.6. The number of aromatic nitrogens is 4. The lowest BCUT2D eigenvalue weighted by atomic mass is 10.0. The van der Waals surface area contributed by atoms with Crippen molar-refractivity contribution in [2.24, 2.45) is 5.92 Å². The van der Waals surface area contributed by atoms with Gasteiger partial charge in [0.25, 0.3) is 17.7 Å². The Kier molecular flexibility index (Phi) is 11.6. The molecule has 310 valence electrons. The van der Waals surface area contributed by atoms with Crippen LogP contribution in [0.15, 0.2) is 42.6 Å². The number of hydrogen-bond acceptors (Lipinski definition) is 15. The van der Waals surface area contributed by atoms with Crippen LogP contribution in [0.1, 0.15) is 66.6 Å². The van der Waals surface area contributed by atoms with E-state index in [1.165, 1.54) is 40.3 Å².